The number of imidazole rings is 1. The molecule has 33 heavy (non-hydrogen) atoms. The highest BCUT2D eigenvalue weighted by molar-refractivity contribution is 6.05. The van der Waals surface area contributed by atoms with E-state index in [4.69, 9.17) is 9.72 Å². The van der Waals surface area contributed by atoms with Crippen LogP contribution in [-0.2, 0) is 16.0 Å². The van der Waals surface area contributed by atoms with Crippen LogP contribution in [0.25, 0.3) is 11.2 Å². The van der Waals surface area contributed by atoms with E-state index in [1.165, 1.54) is 0 Å². The summed E-state index contributed by atoms with van der Waals surface area (Å²) in [4.78, 5) is 36.9. The number of hydrogen-bond donors (Lipinski definition) is 1. The predicted molar refractivity (Wildman–Crippen MR) is 125 cm³/mol. The number of benzene rings is 1. The lowest BCUT2D eigenvalue weighted by Gasteiger charge is -2.34. The zero-order valence-electron chi connectivity index (χ0n) is 19.1. The fourth-order valence-electron chi connectivity index (χ4n) is 5.08. The number of hydrogen-bond acceptors (Lipinski definition) is 5. The maximum absolute atomic E-state index is 13.1. The van der Waals surface area contributed by atoms with Crippen LogP contribution in [0.5, 0.6) is 5.75 Å². The number of nitrogens with one attached hydrogen (secondary N) is 1. The number of aryl methyl sites for hydroxylation is 1. The van der Waals surface area contributed by atoms with Crippen molar-refractivity contribution in [2.75, 3.05) is 25.5 Å². The number of amides is 2. The van der Waals surface area contributed by atoms with Gasteiger partial charge in [-0.05, 0) is 43.0 Å². The molecule has 2 amide bonds. The molecule has 2 aromatic heterocycles. The molecule has 1 N–H and O–H groups in total. The molecule has 2 aliphatic rings. The van der Waals surface area contributed by atoms with Crippen molar-refractivity contribution in [3.8, 4) is 5.75 Å². The summed E-state index contributed by atoms with van der Waals surface area (Å²) in [5.74, 6) is 1.22. The number of anilines is 1. The van der Waals surface area contributed by atoms with Gasteiger partial charge in [0.1, 0.15) is 17.1 Å². The van der Waals surface area contributed by atoms with E-state index in [9.17, 15) is 9.59 Å². The fraction of sp³-hybridized carbons (Fsp3) is 0.440. The molecule has 3 aromatic rings. The van der Waals surface area contributed by atoms with Crippen molar-refractivity contribution in [1.82, 2.24) is 19.4 Å². The smallest absolute Gasteiger partial charge is 0.232 e. The van der Waals surface area contributed by atoms with Crippen LogP contribution in [0, 0.1) is 0 Å². The van der Waals surface area contributed by atoms with E-state index >= 15 is 0 Å². The maximum Gasteiger partial charge on any atom is 0.232 e. The number of piperidine rings is 1. The van der Waals surface area contributed by atoms with Gasteiger partial charge in [0.05, 0.1) is 13.0 Å². The second-order valence-electron chi connectivity index (χ2n) is 8.81. The molecule has 0 spiro atoms. The molecule has 0 bridgehead atoms. The summed E-state index contributed by atoms with van der Waals surface area (Å²) in [7, 11) is 1.59. The van der Waals surface area contributed by atoms with E-state index in [-0.39, 0.29) is 24.3 Å². The lowest BCUT2D eigenvalue weighted by atomic mass is 9.95. The number of methoxy groups -OCH3 is 1. The average molecular weight is 448 g/mol. The topological polar surface area (TPSA) is 89.4 Å². The van der Waals surface area contributed by atoms with E-state index < -0.39 is 5.92 Å². The normalized spacial score (nSPS) is 18.4. The molecule has 5 rings (SSSR count). The third-order valence-corrected chi connectivity index (χ3v) is 6.77. The van der Waals surface area contributed by atoms with Gasteiger partial charge in [0.25, 0.3) is 0 Å². The Morgan fingerprint density at radius 2 is 2.06 bits per heavy atom. The third kappa shape index (κ3) is 3.94. The largest absolute Gasteiger partial charge is 0.497 e. The average Bonchev–Trinajstić information content (AvgIpc) is 3.35. The second kappa shape index (κ2) is 8.84. The molecule has 4 heterocycles. The van der Waals surface area contributed by atoms with E-state index in [1.54, 1.807) is 13.2 Å². The van der Waals surface area contributed by atoms with E-state index in [0.717, 1.165) is 53.9 Å². The number of rotatable bonds is 6. The van der Waals surface area contributed by atoms with Crippen LogP contribution in [0.4, 0.5) is 5.69 Å². The number of aromatic nitrogens is 3. The molecule has 2 aliphatic heterocycles. The summed E-state index contributed by atoms with van der Waals surface area (Å²) in [6.45, 7) is 3.50. The molecule has 172 valence electrons. The first-order valence-corrected chi connectivity index (χ1v) is 11.7. The summed E-state index contributed by atoms with van der Waals surface area (Å²) >= 11 is 0. The van der Waals surface area contributed by atoms with Gasteiger partial charge in [-0.25, -0.2) is 9.97 Å². The molecule has 0 unspecified atom stereocenters. The molecular weight excluding hydrogens is 418 g/mol. The Morgan fingerprint density at radius 1 is 1.24 bits per heavy atom. The predicted octanol–water partition coefficient (Wildman–Crippen LogP) is 3.68. The van der Waals surface area contributed by atoms with Crippen molar-refractivity contribution in [2.45, 2.75) is 51.0 Å². The van der Waals surface area contributed by atoms with Crippen LogP contribution < -0.4 is 10.1 Å². The Morgan fingerprint density at radius 3 is 2.82 bits per heavy atom. The van der Waals surface area contributed by atoms with Crippen molar-refractivity contribution < 1.29 is 14.3 Å². The second-order valence-corrected chi connectivity index (χ2v) is 8.81. The Bertz CT molecular complexity index is 1200. The third-order valence-electron chi connectivity index (χ3n) is 6.77. The highest BCUT2D eigenvalue weighted by atomic mass is 16.5. The maximum atomic E-state index is 13.1. The van der Waals surface area contributed by atoms with Gasteiger partial charge >= 0.3 is 0 Å². The number of ether oxygens (including phenoxy) is 1. The van der Waals surface area contributed by atoms with Gasteiger partial charge in [-0.15, -0.1) is 0 Å². The highest BCUT2D eigenvalue weighted by Gasteiger charge is 2.35. The van der Waals surface area contributed by atoms with E-state index in [2.05, 4.69) is 21.8 Å². The Hall–Kier alpha value is -3.42. The molecule has 1 atom stereocenters. The minimum Gasteiger partial charge on any atom is -0.497 e. The van der Waals surface area contributed by atoms with Crippen molar-refractivity contribution >= 4 is 28.7 Å². The molecule has 8 nitrogen and oxygen atoms in total. The lowest BCUT2D eigenvalue weighted by molar-refractivity contribution is -0.134. The zero-order chi connectivity index (χ0) is 22.9. The van der Waals surface area contributed by atoms with Gasteiger partial charge < -0.3 is 19.5 Å². The van der Waals surface area contributed by atoms with E-state index in [1.807, 2.05) is 35.4 Å². The molecular formula is C25H29N5O3. The summed E-state index contributed by atoms with van der Waals surface area (Å²) in [6, 6.07) is 9.72. The monoisotopic (exact) mass is 447 g/mol. The molecule has 0 aliphatic carbocycles. The summed E-state index contributed by atoms with van der Waals surface area (Å²) in [5, 5.41) is 2.88. The van der Waals surface area contributed by atoms with Crippen molar-refractivity contribution in [3.63, 3.8) is 0 Å². The van der Waals surface area contributed by atoms with Crippen molar-refractivity contribution in [1.29, 1.82) is 0 Å². The van der Waals surface area contributed by atoms with Crippen LogP contribution in [0.2, 0.25) is 0 Å². The number of nitrogens with zero attached hydrogens (tertiary/aromatic N) is 4. The highest BCUT2D eigenvalue weighted by Crippen LogP contribution is 2.38. The molecule has 1 aromatic carbocycles. The Balaban J connectivity index is 1.27. The SMILES string of the molecule is CCCc1nc2cccnc2n1C1CCN(C(=O)C[C@@H]2C(=O)Nc3cc(OC)ccc32)CC1. The first kappa shape index (κ1) is 21.4. The Labute approximate surface area is 193 Å². The van der Waals surface area contributed by atoms with Gasteiger partial charge in [-0.3, -0.25) is 9.59 Å². The number of fused-ring (bicyclic) bond motifs is 2. The summed E-state index contributed by atoms with van der Waals surface area (Å²) < 4.78 is 7.53. The van der Waals surface area contributed by atoms with Crippen LogP contribution in [-0.4, -0.2) is 51.4 Å². The number of likely N-dealkylation sites (tertiary alicyclic amines) is 1. The number of carbonyl (C=O) groups excluding carboxylic acids is 2. The van der Waals surface area contributed by atoms with Gasteiger partial charge in [0, 0.05) is 49.9 Å². The molecule has 1 fully saturated rings. The van der Waals surface area contributed by atoms with E-state index in [0.29, 0.717) is 18.8 Å². The summed E-state index contributed by atoms with van der Waals surface area (Å²) in [5.41, 5.74) is 3.46. The minimum atomic E-state index is -0.450. The molecule has 1 saturated heterocycles. The quantitative estimate of drug-likeness (QED) is 0.623. The lowest BCUT2D eigenvalue weighted by Crippen LogP contribution is -2.40. The number of pyridine rings is 1. The van der Waals surface area contributed by atoms with Gasteiger partial charge in [0.15, 0.2) is 5.65 Å². The van der Waals surface area contributed by atoms with Gasteiger partial charge in [-0.2, -0.15) is 0 Å². The van der Waals surface area contributed by atoms with Gasteiger partial charge in [-0.1, -0.05) is 13.0 Å². The van der Waals surface area contributed by atoms with Crippen molar-refractivity contribution in [3.05, 3.63) is 47.9 Å². The standard InChI is InChI=1S/C25H29N5O3/c1-3-5-22-27-20-6-4-11-26-24(20)30(22)16-9-12-29(13-10-16)23(31)15-19-18-8-7-17(33-2)14-21(18)28-25(19)32/h4,6-8,11,14,16,19H,3,5,9-10,12-13,15H2,1-2H3,(H,28,32)/t19-/m0/s1. The van der Waals surface area contributed by atoms with Crippen LogP contribution in [0.1, 0.15) is 56.0 Å². The first-order chi connectivity index (χ1) is 16.1. The van der Waals surface area contributed by atoms with Crippen LogP contribution >= 0.6 is 0 Å². The fourth-order valence-corrected chi connectivity index (χ4v) is 5.08. The van der Waals surface area contributed by atoms with Crippen LogP contribution in [0.15, 0.2) is 36.5 Å². The molecule has 0 saturated carbocycles. The van der Waals surface area contributed by atoms with Crippen LogP contribution in [0.3, 0.4) is 0 Å². The summed E-state index contributed by atoms with van der Waals surface area (Å²) in [6.07, 6.45) is 5.65. The minimum absolute atomic E-state index is 0.0275. The molecule has 8 heteroatoms. The molecule has 0 radical (unpaired) electrons. The first-order valence-electron chi connectivity index (χ1n) is 11.7. The number of carbonyl (C=O) groups is 2. The van der Waals surface area contributed by atoms with Gasteiger partial charge in [0.2, 0.25) is 11.8 Å². The van der Waals surface area contributed by atoms with Crippen molar-refractivity contribution in [2.24, 2.45) is 0 Å². The Kier molecular flexibility index (Phi) is 5.74. The zero-order valence-corrected chi connectivity index (χ0v) is 19.1.